The minimum Gasteiger partial charge on any atom is -0.474 e. The zero-order chi connectivity index (χ0) is 23.9. The van der Waals surface area contributed by atoms with Gasteiger partial charge in [0.15, 0.2) is 28.8 Å². The average Bonchev–Trinajstić information content (AvgIpc) is 2.63. The molecular formula is C18H24FN6O6P. The predicted octanol–water partition coefficient (Wildman–Crippen LogP) is 2.54. The molecule has 1 aliphatic heterocycles. The molecule has 0 bridgehead atoms. The van der Waals surface area contributed by atoms with Crippen LogP contribution < -0.4 is 20.3 Å². The molecule has 12 nitrogen and oxygen atoms in total. The molecule has 1 aliphatic rings. The van der Waals surface area contributed by atoms with E-state index in [1.54, 1.807) is 0 Å². The summed E-state index contributed by atoms with van der Waals surface area (Å²) in [5, 5.41) is 5.74. The number of halogens is 1. The molecule has 0 aliphatic carbocycles. The highest BCUT2D eigenvalue weighted by Crippen LogP contribution is 2.41. The highest BCUT2D eigenvalue weighted by molar-refractivity contribution is 7.46. The van der Waals surface area contributed by atoms with E-state index in [1.807, 2.05) is 20.8 Å². The summed E-state index contributed by atoms with van der Waals surface area (Å²) in [6.45, 7) is 7.91. The van der Waals surface area contributed by atoms with Crippen LogP contribution in [0.3, 0.4) is 0 Å². The van der Waals surface area contributed by atoms with E-state index in [-0.39, 0.29) is 34.7 Å². The number of hydrogen-bond donors (Lipinski definition) is 4. The van der Waals surface area contributed by atoms with Crippen molar-refractivity contribution in [3.05, 3.63) is 24.1 Å². The number of anilines is 4. The van der Waals surface area contributed by atoms with Crippen molar-refractivity contribution in [3.8, 4) is 5.75 Å². The quantitative estimate of drug-likeness (QED) is 0.460. The first kappa shape index (κ1) is 23.8. The number of phosphoric ester groups is 1. The third kappa shape index (κ3) is 5.68. The van der Waals surface area contributed by atoms with Gasteiger partial charge in [-0.3, -0.25) is 14.2 Å². The molecule has 0 fully saturated rings. The summed E-state index contributed by atoms with van der Waals surface area (Å²) in [5.41, 5.74) is -1.68. The van der Waals surface area contributed by atoms with E-state index in [9.17, 15) is 13.8 Å². The van der Waals surface area contributed by atoms with E-state index in [0.717, 1.165) is 11.1 Å². The van der Waals surface area contributed by atoms with Gasteiger partial charge in [0, 0.05) is 5.54 Å². The molecule has 0 unspecified atom stereocenters. The highest BCUT2D eigenvalue weighted by Gasteiger charge is 2.42. The van der Waals surface area contributed by atoms with Gasteiger partial charge < -0.3 is 25.2 Å². The first-order valence-corrected chi connectivity index (χ1v) is 11.0. The average molecular weight is 470 g/mol. The number of aromatic nitrogens is 3. The van der Waals surface area contributed by atoms with Crippen molar-refractivity contribution >= 4 is 37.1 Å². The van der Waals surface area contributed by atoms with E-state index in [0.29, 0.717) is 0 Å². The number of pyridine rings is 1. The van der Waals surface area contributed by atoms with Crippen molar-refractivity contribution in [3.63, 3.8) is 0 Å². The van der Waals surface area contributed by atoms with Crippen LogP contribution in [0.1, 0.15) is 34.6 Å². The number of fused-ring (bicyclic) bond motifs is 1. The molecular weight excluding hydrogens is 446 g/mol. The lowest BCUT2D eigenvalue weighted by atomic mass is 10.1. The molecule has 0 saturated carbocycles. The Morgan fingerprint density at radius 3 is 2.59 bits per heavy atom. The molecule has 0 aromatic carbocycles. The molecule has 3 rings (SSSR count). The third-order valence-corrected chi connectivity index (χ3v) is 4.50. The first-order chi connectivity index (χ1) is 14.6. The van der Waals surface area contributed by atoms with Crippen LogP contribution in [0.15, 0.2) is 18.3 Å². The summed E-state index contributed by atoms with van der Waals surface area (Å²) in [6, 6.07) is 2.96. The van der Waals surface area contributed by atoms with Gasteiger partial charge in [-0.1, -0.05) is 0 Å². The molecule has 0 spiro atoms. The van der Waals surface area contributed by atoms with Crippen molar-refractivity contribution < 1.29 is 32.8 Å². The summed E-state index contributed by atoms with van der Waals surface area (Å²) in [7, 11) is -4.86. The van der Waals surface area contributed by atoms with Gasteiger partial charge in [0.1, 0.15) is 12.5 Å². The molecule has 14 heteroatoms. The second-order valence-corrected chi connectivity index (χ2v) is 9.74. The number of hydrogen-bond acceptors (Lipinski definition) is 9. The highest BCUT2D eigenvalue weighted by atomic mass is 31.2. The zero-order valence-corrected chi connectivity index (χ0v) is 19.0. The number of rotatable bonds is 6. The van der Waals surface area contributed by atoms with E-state index >= 15 is 0 Å². The van der Waals surface area contributed by atoms with Gasteiger partial charge in [-0.25, -0.2) is 18.9 Å². The van der Waals surface area contributed by atoms with Gasteiger partial charge in [-0.15, -0.1) is 0 Å². The topological polar surface area (TPSA) is 159 Å². The third-order valence-electron chi connectivity index (χ3n) is 4.05. The van der Waals surface area contributed by atoms with Crippen LogP contribution in [0.25, 0.3) is 0 Å². The van der Waals surface area contributed by atoms with Crippen LogP contribution >= 0.6 is 7.82 Å². The van der Waals surface area contributed by atoms with Gasteiger partial charge in [-0.2, -0.15) is 4.98 Å². The molecule has 0 radical (unpaired) electrons. The van der Waals surface area contributed by atoms with Crippen molar-refractivity contribution in [1.82, 2.24) is 15.0 Å². The normalized spacial score (nSPS) is 15.8. The van der Waals surface area contributed by atoms with Crippen molar-refractivity contribution in [1.29, 1.82) is 0 Å². The number of ether oxygens (including phenoxy) is 1. The summed E-state index contributed by atoms with van der Waals surface area (Å²) in [4.78, 5) is 44.0. The molecule has 3 heterocycles. The molecule has 1 amide bonds. The van der Waals surface area contributed by atoms with Gasteiger partial charge in [-0.05, 0) is 46.8 Å². The smallest absolute Gasteiger partial charge is 0.471 e. The van der Waals surface area contributed by atoms with Crippen LogP contribution in [-0.4, -0.2) is 48.5 Å². The summed E-state index contributed by atoms with van der Waals surface area (Å²) >= 11 is 0. The number of carbonyl (C=O) groups is 1. The lowest BCUT2D eigenvalue weighted by Crippen LogP contribution is -2.53. The fourth-order valence-corrected chi connectivity index (χ4v) is 3.01. The minimum absolute atomic E-state index is 0.0599. The fourth-order valence-electron chi connectivity index (χ4n) is 2.74. The first-order valence-electron chi connectivity index (χ1n) is 9.44. The van der Waals surface area contributed by atoms with Crippen molar-refractivity contribution in [2.24, 2.45) is 0 Å². The molecule has 32 heavy (non-hydrogen) atoms. The molecule has 4 N–H and O–H groups in total. The van der Waals surface area contributed by atoms with Crippen LogP contribution in [-0.2, 0) is 13.9 Å². The molecule has 0 saturated heterocycles. The molecule has 2 aromatic heterocycles. The lowest BCUT2D eigenvalue weighted by Gasteiger charge is -2.37. The Kier molecular flexibility index (Phi) is 6.13. The Hall–Kier alpha value is -2.86. The maximum Gasteiger partial charge on any atom is 0.471 e. The number of nitrogens with zero attached hydrogens (tertiary/aromatic N) is 4. The standard InChI is InChI=1S/C18H24FN6O6P/c1-17(2,3)24-16-20-8-10(19)13(23-16)21-12-7-6-11-14(22-12)25(9-30-32(27,28)29)15(26)18(4,5)31-11/h6-8H,9H2,1-5H3,(H2,27,28,29)(H2,20,21,22,23,24). The second kappa shape index (κ2) is 8.24. The molecule has 0 atom stereocenters. The van der Waals surface area contributed by atoms with Crippen molar-refractivity contribution in [2.45, 2.75) is 45.8 Å². The van der Waals surface area contributed by atoms with Crippen LogP contribution in [0.5, 0.6) is 5.75 Å². The Labute approximate surface area is 183 Å². The molecule has 174 valence electrons. The fraction of sp³-hybridized carbons (Fsp3) is 0.444. The SMILES string of the molecule is CC(C)(C)Nc1ncc(F)c(Nc2ccc3c(n2)N(COP(=O)(O)O)C(=O)C(C)(C)O3)n1. The van der Waals surface area contributed by atoms with E-state index in [4.69, 9.17) is 14.5 Å². The van der Waals surface area contributed by atoms with Crippen LogP contribution in [0.2, 0.25) is 0 Å². The number of carbonyl (C=O) groups excluding carboxylic acids is 1. The largest absolute Gasteiger partial charge is 0.474 e. The summed E-state index contributed by atoms with van der Waals surface area (Å²) in [5.74, 6) is -1.13. The Balaban J connectivity index is 1.93. The molecule has 2 aromatic rings. The maximum absolute atomic E-state index is 14.3. The van der Waals surface area contributed by atoms with E-state index in [1.165, 1.54) is 26.0 Å². The predicted molar refractivity (Wildman–Crippen MR) is 113 cm³/mol. The van der Waals surface area contributed by atoms with Crippen LogP contribution in [0, 0.1) is 5.82 Å². The van der Waals surface area contributed by atoms with Gasteiger partial charge in [0.25, 0.3) is 5.91 Å². The van der Waals surface area contributed by atoms with E-state index < -0.39 is 31.9 Å². The van der Waals surface area contributed by atoms with Gasteiger partial charge >= 0.3 is 7.82 Å². The number of phosphoric acid groups is 1. The minimum atomic E-state index is -4.86. The lowest BCUT2D eigenvalue weighted by molar-refractivity contribution is -0.133. The summed E-state index contributed by atoms with van der Waals surface area (Å²) < 4.78 is 35.6. The van der Waals surface area contributed by atoms with Gasteiger partial charge in [0.05, 0.1) is 6.20 Å². The van der Waals surface area contributed by atoms with Crippen LogP contribution in [0.4, 0.5) is 27.8 Å². The maximum atomic E-state index is 14.3. The van der Waals surface area contributed by atoms with Gasteiger partial charge in [0.2, 0.25) is 5.95 Å². The zero-order valence-electron chi connectivity index (χ0n) is 18.1. The Bertz CT molecular complexity index is 1090. The Morgan fingerprint density at radius 2 is 1.97 bits per heavy atom. The number of nitrogens with one attached hydrogen (secondary N) is 2. The monoisotopic (exact) mass is 470 g/mol. The van der Waals surface area contributed by atoms with E-state index in [2.05, 4.69) is 30.1 Å². The van der Waals surface area contributed by atoms with Crippen molar-refractivity contribution in [2.75, 3.05) is 22.3 Å². The Morgan fingerprint density at radius 1 is 1.28 bits per heavy atom. The number of amides is 1. The summed E-state index contributed by atoms with van der Waals surface area (Å²) in [6.07, 6.45) is 0.997. The second-order valence-electron chi connectivity index (χ2n) is 8.50.